The Morgan fingerprint density at radius 1 is 1.20 bits per heavy atom. The van der Waals surface area contributed by atoms with Crippen molar-refractivity contribution in [1.82, 2.24) is 14.9 Å². The van der Waals surface area contributed by atoms with E-state index in [-0.39, 0.29) is 5.91 Å². The summed E-state index contributed by atoms with van der Waals surface area (Å²) in [6.07, 6.45) is 6.84. The van der Waals surface area contributed by atoms with Crippen LogP contribution in [0.1, 0.15) is 18.5 Å². The van der Waals surface area contributed by atoms with Crippen LogP contribution >= 0.6 is 0 Å². The first-order valence-corrected chi connectivity index (χ1v) is 8.80. The molecule has 1 fully saturated rings. The zero-order valence-corrected chi connectivity index (χ0v) is 14.7. The van der Waals surface area contributed by atoms with Crippen LogP contribution in [0.15, 0.2) is 42.9 Å². The summed E-state index contributed by atoms with van der Waals surface area (Å²) >= 11 is 0. The second kappa shape index (κ2) is 8.58. The number of nitrogens with one attached hydrogen (secondary N) is 1. The smallest absolute Gasteiger partial charge is 0.225 e. The van der Waals surface area contributed by atoms with Gasteiger partial charge in [-0.05, 0) is 44.2 Å². The predicted octanol–water partition coefficient (Wildman–Crippen LogP) is 2.33. The van der Waals surface area contributed by atoms with Crippen LogP contribution in [-0.2, 0) is 4.79 Å². The molecule has 1 saturated heterocycles. The molecule has 0 spiro atoms. The average Bonchev–Trinajstić information content (AvgIpc) is 2.86. The van der Waals surface area contributed by atoms with E-state index in [1.165, 1.54) is 5.69 Å². The summed E-state index contributed by atoms with van der Waals surface area (Å²) in [4.78, 5) is 25.1. The van der Waals surface area contributed by atoms with E-state index >= 15 is 0 Å². The minimum atomic E-state index is 0.0406. The van der Waals surface area contributed by atoms with Crippen molar-refractivity contribution in [2.45, 2.75) is 19.8 Å². The lowest BCUT2D eigenvalue weighted by Crippen LogP contribution is -2.32. The van der Waals surface area contributed by atoms with Gasteiger partial charge in [-0.1, -0.05) is 0 Å². The largest absolute Gasteiger partial charge is 0.370 e. The van der Waals surface area contributed by atoms with E-state index in [2.05, 4.69) is 37.2 Å². The van der Waals surface area contributed by atoms with E-state index in [0.717, 1.165) is 50.5 Å². The Kier molecular flexibility index (Phi) is 5.95. The molecule has 0 atom stereocenters. The molecule has 2 aromatic rings. The number of nitrogens with zero attached hydrogens (tertiary/aromatic N) is 4. The lowest BCUT2D eigenvalue weighted by Gasteiger charge is -2.23. The average molecular weight is 339 g/mol. The van der Waals surface area contributed by atoms with E-state index in [0.29, 0.717) is 6.42 Å². The monoisotopic (exact) mass is 339 g/mol. The SMILES string of the molecule is Cc1cc(N2CCCN(CCC(=O)Nc3cccnc3)CC2)ccn1. The molecule has 25 heavy (non-hydrogen) atoms. The summed E-state index contributed by atoms with van der Waals surface area (Å²) in [6.45, 7) is 6.83. The molecule has 6 heteroatoms. The van der Waals surface area contributed by atoms with Gasteiger partial charge in [-0.2, -0.15) is 0 Å². The van der Waals surface area contributed by atoms with Gasteiger partial charge < -0.3 is 15.1 Å². The second-order valence-electron chi connectivity index (χ2n) is 6.38. The summed E-state index contributed by atoms with van der Waals surface area (Å²) in [5, 5.41) is 2.89. The highest BCUT2D eigenvalue weighted by Crippen LogP contribution is 2.16. The lowest BCUT2D eigenvalue weighted by atomic mass is 10.3. The summed E-state index contributed by atoms with van der Waals surface area (Å²) in [7, 11) is 0. The molecule has 0 bridgehead atoms. The van der Waals surface area contributed by atoms with Gasteiger partial charge in [-0.15, -0.1) is 0 Å². The van der Waals surface area contributed by atoms with Crippen molar-refractivity contribution >= 4 is 17.3 Å². The number of amides is 1. The third kappa shape index (κ3) is 5.26. The normalized spacial score (nSPS) is 15.6. The van der Waals surface area contributed by atoms with Crippen LogP contribution in [0.4, 0.5) is 11.4 Å². The zero-order chi connectivity index (χ0) is 17.5. The summed E-state index contributed by atoms with van der Waals surface area (Å²) < 4.78 is 0. The number of aromatic nitrogens is 2. The Labute approximate surface area is 148 Å². The highest BCUT2D eigenvalue weighted by molar-refractivity contribution is 5.90. The van der Waals surface area contributed by atoms with E-state index in [1.807, 2.05) is 25.3 Å². The van der Waals surface area contributed by atoms with Gasteiger partial charge in [0.1, 0.15) is 0 Å². The highest BCUT2D eigenvalue weighted by atomic mass is 16.1. The number of anilines is 2. The first-order valence-electron chi connectivity index (χ1n) is 8.80. The van der Waals surface area contributed by atoms with E-state index in [4.69, 9.17) is 0 Å². The van der Waals surface area contributed by atoms with Crippen LogP contribution in [0.3, 0.4) is 0 Å². The number of rotatable bonds is 5. The van der Waals surface area contributed by atoms with Crippen LogP contribution in [0, 0.1) is 6.92 Å². The van der Waals surface area contributed by atoms with Crippen molar-refractivity contribution in [1.29, 1.82) is 0 Å². The van der Waals surface area contributed by atoms with Crippen LogP contribution in [0.25, 0.3) is 0 Å². The van der Waals surface area contributed by atoms with Crippen molar-refractivity contribution in [3.63, 3.8) is 0 Å². The highest BCUT2D eigenvalue weighted by Gasteiger charge is 2.16. The molecule has 0 unspecified atom stereocenters. The standard InChI is InChI=1S/C19H25N5O/c1-16-14-18(5-8-21-16)24-10-3-9-23(12-13-24)11-6-19(25)22-17-4-2-7-20-15-17/h2,4-5,7-8,14-15H,3,6,9-13H2,1H3,(H,22,25). The molecule has 132 valence electrons. The zero-order valence-electron chi connectivity index (χ0n) is 14.7. The Bertz CT molecular complexity index is 691. The number of carbonyl (C=O) groups is 1. The molecule has 1 aliphatic rings. The fourth-order valence-corrected chi connectivity index (χ4v) is 3.10. The number of aryl methyl sites for hydroxylation is 1. The Balaban J connectivity index is 1.46. The molecule has 3 rings (SSSR count). The first kappa shape index (κ1) is 17.4. The quantitative estimate of drug-likeness (QED) is 0.906. The van der Waals surface area contributed by atoms with E-state index in [9.17, 15) is 4.79 Å². The van der Waals surface area contributed by atoms with Crippen molar-refractivity contribution in [2.24, 2.45) is 0 Å². The molecule has 0 saturated carbocycles. The van der Waals surface area contributed by atoms with Crippen molar-refractivity contribution in [2.75, 3.05) is 42.9 Å². The molecule has 1 aliphatic heterocycles. The molecule has 6 nitrogen and oxygen atoms in total. The number of hydrogen-bond donors (Lipinski definition) is 1. The minimum absolute atomic E-state index is 0.0406. The molecule has 1 amide bonds. The molecular formula is C19H25N5O. The number of hydrogen-bond acceptors (Lipinski definition) is 5. The number of carbonyl (C=O) groups excluding carboxylic acids is 1. The van der Waals surface area contributed by atoms with Crippen molar-refractivity contribution in [3.05, 3.63) is 48.5 Å². The lowest BCUT2D eigenvalue weighted by molar-refractivity contribution is -0.116. The first-order chi connectivity index (χ1) is 12.2. The molecule has 0 aromatic carbocycles. The Morgan fingerprint density at radius 3 is 2.92 bits per heavy atom. The fourth-order valence-electron chi connectivity index (χ4n) is 3.10. The van der Waals surface area contributed by atoms with E-state index < -0.39 is 0 Å². The molecular weight excluding hydrogens is 314 g/mol. The van der Waals surface area contributed by atoms with Gasteiger partial charge >= 0.3 is 0 Å². The third-order valence-corrected chi connectivity index (χ3v) is 4.43. The topological polar surface area (TPSA) is 61.4 Å². The second-order valence-corrected chi connectivity index (χ2v) is 6.38. The van der Waals surface area contributed by atoms with Gasteiger partial charge in [-0.3, -0.25) is 14.8 Å². The van der Waals surface area contributed by atoms with Crippen LogP contribution in [-0.4, -0.2) is 53.5 Å². The van der Waals surface area contributed by atoms with Gasteiger partial charge in [0.05, 0.1) is 11.9 Å². The van der Waals surface area contributed by atoms with Gasteiger partial charge in [0.2, 0.25) is 5.91 Å². The maximum Gasteiger partial charge on any atom is 0.225 e. The van der Waals surface area contributed by atoms with Gasteiger partial charge in [0.25, 0.3) is 0 Å². The fraction of sp³-hybridized carbons (Fsp3) is 0.421. The predicted molar refractivity (Wildman–Crippen MR) is 99.7 cm³/mol. The molecule has 1 N–H and O–H groups in total. The van der Waals surface area contributed by atoms with Crippen molar-refractivity contribution in [3.8, 4) is 0 Å². The van der Waals surface area contributed by atoms with Crippen molar-refractivity contribution < 1.29 is 4.79 Å². The van der Waals surface area contributed by atoms with Gasteiger partial charge in [0, 0.05) is 56.4 Å². The Morgan fingerprint density at radius 2 is 2.12 bits per heavy atom. The summed E-state index contributed by atoms with van der Waals surface area (Å²) in [5.74, 6) is 0.0406. The minimum Gasteiger partial charge on any atom is -0.370 e. The summed E-state index contributed by atoms with van der Waals surface area (Å²) in [5.41, 5.74) is 3.04. The maximum absolute atomic E-state index is 12.1. The van der Waals surface area contributed by atoms with E-state index in [1.54, 1.807) is 12.4 Å². The van der Waals surface area contributed by atoms with Crippen LogP contribution in [0.5, 0.6) is 0 Å². The van der Waals surface area contributed by atoms with Gasteiger partial charge in [0.15, 0.2) is 0 Å². The molecule has 0 radical (unpaired) electrons. The van der Waals surface area contributed by atoms with Crippen LogP contribution < -0.4 is 10.2 Å². The van der Waals surface area contributed by atoms with Crippen LogP contribution in [0.2, 0.25) is 0 Å². The summed E-state index contributed by atoms with van der Waals surface area (Å²) in [6, 6.07) is 7.88. The third-order valence-electron chi connectivity index (χ3n) is 4.43. The molecule has 2 aromatic heterocycles. The number of pyridine rings is 2. The Hall–Kier alpha value is -2.47. The molecule has 3 heterocycles. The van der Waals surface area contributed by atoms with Gasteiger partial charge in [-0.25, -0.2) is 0 Å². The molecule has 0 aliphatic carbocycles. The maximum atomic E-state index is 12.1.